The number of amidine groups is 1. The van der Waals surface area contributed by atoms with Gasteiger partial charge in [-0.25, -0.2) is 9.79 Å². The van der Waals surface area contributed by atoms with Crippen molar-refractivity contribution in [2.24, 2.45) is 4.99 Å². The first-order chi connectivity index (χ1) is 14.7. The van der Waals surface area contributed by atoms with Crippen molar-refractivity contribution in [3.63, 3.8) is 0 Å². The number of nitro groups is 1. The number of aromatic carboxylic acids is 1. The van der Waals surface area contributed by atoms with Gasteiger partial charge in [-0.1, -0.05) is 12.1 Å². The second-order valence-corrected chi connectivity index (χ2v) is 7.82. The van der Waals surface area contributed by atoms with Crippen molar-refractivity contribution in [2.75, 3.05) is 25.5 Å². The SMILES string of the molecule is CCN1C(=O)/C(=C/c2ccc(N(C)C)c([N+](=O)[O-])c2)SC1=Nc1cccc(C(=O)O)c1. The molecular formula is C21H20N4O5S. The summed E-state index contributed by atoms with van der Waals surface area (Å²) in [5.41, 5.74) is 1.46. The molecule has 160 valence electrons. The Morgan fingerprint density at radius 1 is 1.29 bits per heavy atom. The Morgan fingerprint density at radius 2 is 2.03 bits per heavy atom. The van der Waals surface area contributed by atoms with Gasteiger partial charge >= 0.3 is 5.97 Å². The molecule has 0 atom stereocenters. The van der Waals surface area contributed by atoms with Crippen LogP contribution in [0.3, 0.4) is 0 Å². The fourth-order valence-corrected chi connectivity index (χ4v) is 4.06. The first-order valence-electron chi connectivity index (χ1n) is 9.30. The molecule has 31 heavy (non-hydrogen) atoms. The second kappa shape index (κ2) is 9.00. The number of nitrogens with zero attached hydrogens (tertiary/aromatic N) is 4. The Balaban J connectivity index is 1.97. The minimum Gasteiger partial charge on any atom is -0.478 e. The number of rotatable bonds is 6. The van der Waals surface area contributed by atoms with Gasteiger partial charge in [0.2, 0.25) is 0 Å². The second-order valence-electron chi connectivity index (χ2n) is 6.81. The zero-order chi connectivity index (χ0) is 22.7. The molecule has 0 bridgehead atoms. The summed E-state index contributed by atoms with van der Waals surface area (Å²) in [5, 5.41) is 21.0. The van der Waals surface area contributed by atoms with Crippen LogP contribution in [0.25, 0.3) is 6.08 Å². The normalized spacial score (nSPS) is 16.2. The molecule has 0 spiro atoms. The van der Waals surface area contributed by atoms with Crippen molar-refractivity contribution < 1.29 is 19.6 Å². The van der Waals surface area contributed by atoms with E-state index in [2.05, 4.69) is 4.99 Å². The van der Waals surface area contributed by atoms with E-state index in [0.29, 0.717) is 33.6 Å². The zero-order valence-electron chi connectivity index (χ0n) is 17.1. The van der Waals surface area contributed by atoms with Gasteiger partial charge in [-0.2, -0.15) is 0 Å². The van der Waals surface area contributed by atoms with Crippen LogP contribution in [-0.2, 0) is 4.79 Å². The van der Waals surface area contributed by atoms with Gasteiger partial charge in [0.1, 0.15) is 5.69 Å². The average Bonchev–Trinajstić information content (AvgIpc) is 3.01. The van der Waals surface area contributed by atoms with E-state index in [1.54, 1.807) is 56.3 Å². The number of hydrogen-bond donors (Lipinski definition) is 1. The molecule has 1 amide bonds. The predicted molar refractivity (Wildman–Crippen MR) is 121 cm³/mol. The predicted octanol–water partition coefficient (Wildman–Crippen LogP) is 3.98. The summed E-state index contributed by atoms with van der Waals surface area (Å²) < 4.78 is 0. The first-order valence-corrected chi connectivity index (χ1v) is 10.1. The van der Waals surface area contributed by atoms with Crippen molar-refractivity contribution in [2.45, 2.75) is 6.92 Å². The molecule has 1 heterocycles. The number of carboxylic acids is 1. The van der Waals surface area contributed by atoms with Crippen LogP contribution in [0.4, 0.5) is 17.1 Å². The molecule has 0 aromatic heterocycles. The average molecular weight is 440 g/mol. The number of carbonyl (C=O) groups is 2. The molecule has 1 fully saturated rings. The van der Waals surface area contributed by atoms with Crippen LogP contribution in [0, 0.1) is 10.1 Å². The molecular weight excluding hydrogens is 420 g/mol. The van der Waals surface area contributed by atoms with Crippen molar-refractivity contribution in [1.29, 1.82) is 0 Å². The van der Waals surface area contributed by atoms with Gasteiger partial charge in [-0.3, -0.25) is 19.8 Å². The maximum absolute atomic E-state index is 12.8. The number of hydrogen-bond acceptors (Lipinski definition) is 7. The first kappa shape index (κ1) is 22.0. The molecule has 3 rings (SSSR count). The van der Waals surface area contributed by atoms with Crippen LogP contribution in [0.15, 0.2) is 52.4 Å². The highest BCUT2D eigenvalue weighted by molar-refractivity contribution is 8.18. The maximum Gasteiger partial charge on any atom is 0.335 e. The lowest BCUT2D eigenvalue weighted by molar-refractivity contribution is -0.384. The summed E-state index contributed by atoms with van der Waals surface area (Å²) in [6, 6.07) is 10.9. The van der Waals surface area contributed by atoms with Crippen molar-refractivity contribution in [1.82, 2.24) is 4.90 Å². The Bertz CT molecular complexity index is 1130. The molecule has 2 aromatic rings. The van der Waals surface area contributed by atoms with Crippen molar-refractivity contribution >= 4 is 51.9 Å². The van der Waals surface area contributed by atoms with Crippen LogP contribution in [0.2, 0.25) is 0 Å². The van der Waals surface area contributed by atoms with E-state index in [-0.39, 0.29) is 17.2 Å². The molecule has 0 aliphatic carbocycles. The monoisotopic (exact) mass is 440 g/mol. The van der Waals surface area contributed by atoms with Gasteiger partial charge in [-0.15, -0.1) is 0 Å². The Morgan fingerprint density at radius 3 is 2.65 bits per heavy atom. The van der Waals surface area contributed by atoms with Crippen molar-refractivity contribution in [3.05, 3.63) is 68.6 Å². The van der Waals surface area contributed by atoms with Crippen LogP contribution in [-0.4, -0.2) is 52.6 Å². The van der Waals surface area contributed by atoms with E-state index in [9.17, 15) is 19.7 Å². The van der Waals surface area contributed by atoms with Gasteiger partial charge in [0, 0.05) is 26.7 Å². The summed E-state index contributed by atoms with van der Waals surface area (Å²) in [6.45, 7) is 2.18. The van der Waals surface area contributed by atoms with Crippen LogP contribution >= 0.6 is 11.8 Å². The molecule has 0 unspecified atom stereocenters. The molecule has 10 heteroatoms. The summed E-state index contributed by atoms with van der Waals surface area (Å²) in [5.74, 6) is -1.33. The van der Waals surface area contributed by atoms with E-state index >= 15 is 0 Å². The number of anilines is 1. The lowest BCUT2D eigenvalue weighted by atomic mass is 10.1. The number of carboxylic acid groups (broad SMARTS) is 1. The quantitative estimate of drug-likeness (QED) is 0.410. The fraction of sp³-hybridized carbons (Fsp3) is 0.190. The van der Waals surface area contributed by atoms with E-state index in [1.807, 2.05) is 0 Å². The molecule has 9 nitrogen and oxygen atoms in total. The van der Waals surface area contributed by atoms with E-state index in [0.717, 1.165) is 11.8 Å². The van der Waals surface area contributed by atoms with E-state index in [4.69, 9.17) is 5.11 Å². The molecule has 2 aromatic carbocycles. The summed E-state index contributed by atoms with van der Waals surface area (Å²) in [6.07, 6.45) is 1.60. The van der Waals surface area contributed by atoms with Crippen LogP contribution < -0.4 is 4.90 Å². The number of aliphatic imine (C=N–C) groups is 1. The van der Waals surface area contributed by atoms with E-state index < -0.39 is 10.9 Å². The standard InChI is InChI=1S/C21H20N4O5S/c1-4-24-19(26)18(11-13-8-9-16(23(2)3)17(10-13)25(29)30)31-21(24)22-15-7-5-6-14(12-15)20(27)28/h5-12H,4H2,1-3H3,(H,27,28)/b18-11-,22-21?. The molecule has 1 saturated heterocycles. The third-order valence-corrected chi connectivity index (χ3v) is 5.50. The zero-order valence-corrected chi connectivity index (χ0v) is 17.9. The van der Waals surface area contributed by atoms with Gasteiger partial charge in [0.25, 0.3) is 11.6 Å². The topological polar surface area (TPSA) is 116 Å². The number of carbonyl (C=O) groups excluding carboxylic acids is 1. The third kappa shape index (κ3) is 4.75. The molecule has 1 N–H and O–H groups in total. The molecule has 1 aliphatic heterocycles. The van der Waals surface area contributed by atoms with E-state index in [1.165, 1.54) is 23.1 Å². The smallest absolute Gasteiger partial charge is 0.335 e. The fourth-order valence-electron chi connectivity index (χ4n) is 3.00. The lowest BCUT2D eigenvalue weighted by Gasteiger charge is -2.13. The van der Waals surface area contributed by atoms with Crippen molar-refractivity contribution in [3.8, 4) is 0 Å². The number of nitro benzene ring substituents is 1. The molecule has 1 aliphatic rings. The Labute approximate surface area is 182 Å². The largest absolute Gasteiger partial charge is 0.478 e. The number of benzene rings is 2. The maximum atomic E-state index is 12.8. The van der Waals surface area contributed by atoms with Gasteiger partial charge < -0.3 is 10.0 Å². The Hall–Kier alpha value is -3.66. The Kier molecular flexibility index (Phi) is 6.40. The number of likely N-dealkylation sites (N-methyl/N-ethyl adjacent to an activating group) is 1. The minimum atomic E-state index is -1.06. The summed E-state index contributed by atoms with van der Waals surface area (Å²) in [4.78, 5) is 42.9. The number of thioether (sulfide) groups is 1. The van der Waals surface area contributed by atoms with Gasteiger partial charge in [-0.05, 0) is 54.6 Å². The lowest BCUT2D eigenvalue weighted by Crippen LogP contribution is -2.28. The van der Waals surface area contributed by atoms with Gasteiger partial charge in [0.15, 0.2) is 5.17 Å². The highest BCUT2D eigenvalue weighted by Crippen LogP contribution is 2.35. The summed E-state index contributed by atoms with van der Waals surface area (Å²) in [7, 11) is 3.44. The highest BCUT2D eigenvalue weighted by Gasteiger charge is 2.32. The van der Waals surface area contributed by atoms with Crippen LogP contribution in [0.1, 0.15) is 22.8 Å². The minimum absolute atomic E-state index is 0.0541. The highest BCUT2D eigenvalue weighted by atomic mass is 32.2. The third-order valence-electron chi connectivity index (χ3n) is 4.50. The molecule has 0 saturated carbocycles. The summed E-state index contributed by atoms with van der Waals surface area (Å²) >= 11 is 1.14. The van der Waals surface area contributed by atoms with Crippen LogP contribution in [0.5, 0.6) is 0 Å². The molecule has 0 radical (unpaired) electrons. The van der Waals surface area contributed by atoms with Gasteiger partial charge in [0.05, 0.1) is 21.1 Å². The number of amides is 1.